The van der Waals surface area contributed by atoms with E-state index in [1.807, 2.05) is 12.1 Å². The number of methoxy groups -OCH3 is 1. The van der Waals surface area contributed by atoms with Crippen LogP contribution < -0.4 is 10.1 Å². The largest absolute Gasteiger partial charge is 0.492 e. The number of hydrogen-bond donors (Lipinski definition) is 1. The molecule has 20 heavy (non-hydrogen) atoms. The van der Waals surface area contributed by atoms with Crippen molar-refractivity contribution in [1.29, 1.82) is 0 Å². The number of rotatable bonds is 9. The average molecular weight is 292 g/mol. The molecule has 2 heterocycles. The summed E-state index contributed by atoms with van der Waals surface area (Å²) in [5.74, 6) is 0.821. The third-order valence-corrected chi connectivity index (χ3v) is 3.72. The molecule has 0 aliphatic rings. The molecule has 0 amide bonds. The molecule has 0 spiro atoms. The van der Waals surface area contributed by atoms with Gasteiger partial charge in [0.2, 0.25) is 0 Å². The van der Waals surface area contributed by atoms with Gasteiger partial charge in [-0.3, -0.25) is 4.98 Å². The van der Waals surface area contributed by atoms with Crippen LogP contribution in [0.15, 0.2) is 35.8 Å². The number of thiophene rings is 1. The van der Waals surface area contributed by atoms with Crippen molar-refractivity contribution in [3.8, 4) is 5.75 Å². The maximum Gasteiger partial charge on any atom is 0.137 e. The molecule has 108 valence electrons. The molecule has 0 saturated heterocycles. The number of ether oxygens (including phenoxy) is 2. The number of hydrogen-bond acceptors (Lipinski definition) is 5. The minimum Gasteiger partial charge on any atom is -0.492 e. The third kappa shape index (κ3) is 5.28. The highest BCUT2D eigenvalue weighted by molar-refractivity contribution is 7.09. The zero-order chi connectivity index (χ0) is 14.0. The fourth-order valence-corrected chi connectivity index (χ4v) is 2.41. The van der Waals surface area contributed by atoms with Crippen molar-refractivity contribution in [2.75, 3.05) is 26.9 Å². The lowest BCUT2D eigenvalue weighted by Crippen LogP contribution is -2.19. The van der Waals surface area contributed by atoms with E-state index >= 15 is 0 Å². The van der Waals surface area contributed by atoms with E-state index in [9.17, 15) is 0 Å². The summed E-state index contributed by atoms with van der Waals surface area (Å²) >= 11 is 1.76. The summed E-state index contributed by atoms with van der Waals surface area (Å²) < 4.78 is 10.7. The van der Waals surface area contributed by atoms with Gasteiger partial charge >= 0.3 is 0 Å². The van der Waals surface area contributed by atoms with Gasteiger partial charge in [-0.2, -0.15) is 0 Å². The molecular weight excluding hydrogens is 272 g/mol. The van der Waals surface area contributed by atoms with Gasteiger partial charge in [-0.25, -0.2) is 0 Å². The van der Waals surface area contributed by atoms with E-state index in [0.717, 1.165) is 31.0 Å². The molecule has 0 atom stereocenters. The Morgan fingerprint density at radius 2 is 2.20 bits per heavy atom. The predicted molar refractivity (Wildman–Crippen MR) is 81.3 cm³/mol. The van der Waals surface area contributed by atoms with Crippen molar-refractivity contribution in [2.24, 2.45) is 0 Å². The molecule has 0 unspecified atom stereocenters. The van der Waals surface area contributed by atoms with Crippen LogP contribution in [-0.4, -0.2) is 31.9 Å². The first kappa shape index (κ1) is 15.0. The molecule has 0 radical (unpaired) electrons. The molecule has 1 N–H and O–H groups in total. The van der Waals surface area contributed by atoms with Crippen molar-refractivity contribution < 1.29 is 9.47 Å². The van der Waals surface area contributed by atoms with E-state index in [-0.39, 0.29) is 0 Å². The van der Waals surface area contributed by atoms with Crippen molar-refractivity contribution in [3.63, 3.8) is 0 Å². The maximum atomic E-state index is 5.68. The summed E-state index contributed by atoms with van der Waals surface area (Å²) in [6, 6.07) is 8.14. The summed E-state index contributed by atoms with van der Waals surface area (Å²) in [7, 11) is 1.70. The van der Waals surface area contributed by atoms with Gasteiger partial charge in [-0.15, -0.1) is 11.3 Å². The van der Waals surface area contributed by atoms with Gasteiger partial charge in [0, 0.05) is 31.5 Å². The molecule has 2 rings (SSSR count). The van der Waals surface area contributed by atoms with Gasteiger partial charge in [0.1, 0.15) is 5.75 Å². The summed E-state index contributed by atoms with van der Waals surface area (Å²) in [5.41, 5.74) is 1.01. The van der Waals surface area contributed by atoms with Gasteiger partial charge in [-0.1, -0.05) is 6.07 Å². The average Bonchev–Trinajstić information content (AvgIpc) is 2.98. The quantitative estimate of drug-likeness (QED) is 0.721. The molecule has 4 nitrogen and oxygen atoms in total. The molecule has 2 aromatic rings. The number of aromatic nitrogens is 1. The standard InChI is InChI=1S/C15H20N2O2S/c1-18-9-7-16-11-13-4-5-14(12-17-13)19-8-6-15-3-2-10-20-15/h2-5,10,12,16H,6-9,11H2,1H3. The van der Waals surface area contributed by atoms with Crippen LogP contribution in [0.25, 0.3) is 0 Å². The Kier molecular flexibility index (Phi) is 6.50. The van der Waals surface area contributed by atoms with E-state index in [0.29, 0.717) is 13.2 Å². The minimum atomic E-state index is 0.688. The minimum absolute atomic E-state index is 0.688. The summed E-state index contributed by atoms with van der Waals surface area (Å²) in [6.45, 7) is 2.98. The van der Waals surface area contributed by atoms with Gasteiger partial charge in [-0.05, 0) is 23.6 Å². The second-order valence-corrected chi connectivity index (χ2v) is 5.36. The lowest BCUT2D eigenvalue weighted by Gasteiger charge is -2.07. The Hall–Kier alpha value is -1.43. The Morgan fingerprint density at radius 3 is 2.90 bits per heavy atom. The van der Waals surface area contributed by atoms with Crippen LogP contribution in [0.1, 0.15) is 10.6 Å². The number of pyridine rings is 1. The molecule has 0 aromatic carbocycles. The highest BCUT2D eigenvalue weighted by atomic mass is 32.1. The van der Waals surface area contributed by atoms with Crippen LogP contribution in [0.2, 0.25) is 0 Å². The van der Waals surface area contributed by atoms with Crippen LogP contribution >= 0.6 is 11.3 Å². The topological polar surface area (TPSA) is 43.4 Å². The second-order valence-electron chi connectivity index (χ2n) is 4.33. The first-order valence-electron chi connectivity index (χ1n) is 6.68. The number of nitrogens with zero attached hydrogens (tertiary/aromatic N) is 1. The summed E-state index contributed by atoms with van der Waals surface area (Å²) in [4.78, 5) is 5.71. The Morgan fingerprint density at radius 1 is 1.25 bits per heavy atom. The van der Waals surface area contributed by atoms with Gasteiger partial charge < -0.3 is 14.8 Å². The van der Waals surface area contributed by atoms with E-state index in [1.54, 1.807) is 24.6 Å². The van der Waals surface area contributed by atoms with Crippen molar-refractivity contribution in [1.82, 2.24) is 10.3 Å². The first-order chi connectivity index (χ1) is 9.88. The molecule has 2 aromatic heterocycles. The lowest BCUT2D eigenvalue weighted by molar-refractivity contribution is 0.199. The predicted octanol–water partition coefficient (Wildman–Crippen LogP) is 2.50. The zero-order valence-electron chi connectivity index (χ0n) is 11.7. The normalized spacial score (nSPS) is 10.7. The molecule has 5 heteroatoms. The van der Waals surface area contributed by atoms with Gasteiger partial charge in [0.05, 0.1) is 25.1 Å². The van der Waals surface area contributed by atoms with Crippen molar-refractivity contribution in [3.05, 3.63) is 46.4 Å². The van der Waals surface area contributed by atoms with E-state index in [1.165, 1.54) is 4.88 Å². The van der Waals surface area contributed by atoms with Crippen LogP contribution in [0.4, 0.5) is 0 Å². The highest BCUT2D eigenvalue weighted by Crippen LogP contribution is 2.12. The van der Waals surface area contributed by atoms with E-state index in [2.05, 4.69) is 27.8 Å². The van der Waals surface area contributed by atoms with Crippen LogP contribution in [0, 0.1) is 0 Å². The van der Waals surface area contributed by atoms with E-state index in [4.69, 9.17) is 9.47 Å². The summed E-state index contributed by atoms with van der Waals surface area (Å²) in [6.07, 6.45) is 2.72. The smallest absolute Gasteiger partial charge is 0.137 e. The fourth-order valence-electron chi connectivity index (χ4n) is 1.72. The molecule has 0 saturated carbocycles. The second kappa shape index (κ2) is 8.68. The lowest BCUT2D eigenvalue weighted by atomic mass is 10.3. The summed E-state index contributed by atoms with van der Waals surface area (Å²) in [5, 5.41) is 5.34. The monoisotopic (exact) mass is 292 g/mol. The Balaban J connectivity index is 1.68. The molecule has 0 bridgehead atoms. The molecule has 0 fully saturated rings. The van der Waals surface area contributed by atoms with Crippen LogP contribution in [0.3, 0.4) is 0 Å². The third-order valence-electron chi connectivity index (χ3n) is 2.78. The Bertz CT molecular complexity index is 471. The van der Waals surface area contributed by atoms with Gasteiger partial charge in [0.25, 0.3) is 0 Å². The molecule has 0 aliphatic heterocycles. The SMILES string of the molecule is COCCNCc1ccc(OCCc2cccs2)cn1. The Labute approximate surface area is 123 Å². The van der Waals surface area contributed by atoms with Crippen molar-refractivity contribution >= 4 is 11.3 Å². The van der Waals surface area contributed by atoms with Crippen LogP contribution in [-0.2, 0) is 17.7 Å². The number of nitrogens with one attached hydrogen (secondary N) is 1. The fraction of sp³-hybridized carbons (Fsp3) is 0.400. The van der Waals surface area contributed by atoms with E-state index < -0.39 is 0 Å². The molecule has 0 aliphatic carbocycles. The van der Waals surface area contributed by atoms with Gasteiger partial charge in [0.15, 0.2) is 0 Å². The highest BCUT2D eigenvalue weighted by Gasteiger charge is 1.98. The molecular formula is C15H20N2O2S. The maximum absolute atomic E-state index is 5.68. The first-order valence-corrected chi connectivity index (χ1v) is 7.56. The zero-order valence-corrected chi connectivity index (χ0v) is 12.5. The van der Waals surface area contributed by atoms with Crippen molar-refractivity contribution in [2.45, 2.75) is 13.0 Å². The van der Waals surface area contributed by atoms with Crippen LogP contribution in [0.5, 0.6) is 5.75 Å².